The van der Waals surface area contributed by atoms with Gasteiger partial charge in [-0.3, -0.25) is 9.59 Å². The molecular weight excluding hydrogens is 476 g/mol. The van der Waals surface area contributed by atoms with E-state index in [1.807, 2.05) is 92.7 Å². The van der Waals surface area contributed by atoms with E-state index >= 15 is 0 Å². The van der Waals surface area contributed by atoms with E-state index in [1.165, 1.54) is 0 Å². The van der Waals surface area contributed by atoms with E-state index in [4.69, 9.17) is 11.6 Å². The SMILES string of the molecule is CCNC(=O)C(Cc1ccccc1)N(Cc1ccccc1C)C(=O)CCCSc1ccc(Cl)cc1. The van der Waals surface area contributed by atoms with Crippen molar-refractivity contribution in [1.29, 1.82) is 0 Å². The summed E-state index contributed by atoms with van der Waals surface area (Å²) in [6.07, 6.45) is 1.59. The highest BCUT2D eigenvalue weighted by Gasteiger charge is 2.30. The first kappa shape index (κ1) is 26.8. The topological polar surface area (TPSA) is 49.4 Å². The summed E-state index contributed by atoms with van der Waals surface area (Å²) in [5.74, 6) is 0.696. The Labute approximate surface area is 218 Å². The fourth-order valence-corrected chi connectivity index (χ4v) is 4.88. The summed E-state index contributed by atoms with van der Waals surface area (Å²) in [7, 11) is 0. The lowest BCUT2D eigenvalue weighted by atomic mass is 10.0. The number of hydrogen-bond donors (Lipinski definition) is 1. The third-order valence-electron chi connectivity index (χ3n) is 5.84. The number of amides is 2. The molecule has 1 unspecified atom stereocenters. The van der Waals surface area contributed by atoms with Crippen LogP contribution in [0.25, 0.3) is 0 Å². The molecule has 1 atom stereocenters. The second-order valence-corrected chi connectivity index (χ2v) is 10.1. The molecule has 3 aromatic rings. The van der Waals surface area contributed by atoms with Crippen molar-refractivity contribution in [2.75, 3.05) is 12.3 Å². The number of carbonyl (C=O) groups is 2. The maximum Gasteiger partial charge on any atom is 0.243 e. The Balaban J connectivity index is 1.77. The molecular formula is C29H33ClN2O2S. The minimum atomic E-state index is -0.576. The third kappa shape index (κ3) is 8.44. The van der Waals surface area contributed by atoms with Crippen LogP contribution in [0.5, 0.6) is 0 Å². The lowest BCUT2D eigenvalue weighted by Crippen LogP contribution is -2.50. The smallest absolute Gasteiger partial charge is 0.243 e. The van der Waals surface area contributed by atoms with Crippen LogP contribution in [0, 0.1) is 6.92 Å². The molecule has 1 N–H and O–H groups in total. The predicted octanol–water partition coefficient (Wildman–Crippen LogP) is 6.30. The average Bonchev–Trinajstić information content (AvgIpc) is 2.86. The van der Waals surface area contributed by atoms with Crippen molar-refractivity contribution in [1.82, 2.24) is 10.2 Å². The molecule has 0 saturated carbocycles. The molecule has 35 heavy (non-hydrogen) atoms. The molecule has 4 nitrogen and oxygen atoms in total. The fraction of sp³-hybridized carbons (Fsp3) is 0.310. The molecule has 0 aliphatic rings. The maximum absolute atomic E-state index is 13.6. The predicted molar refractivity (Wildman–Crippen MR) is 146 cm³/mol. The van der Waals surface area contributed by atoms with Crippen LogP contribution in [-0.2, 0) is 22.6 Å². The van der Waals surface area contributed by atoms with Gasteiger partial charge in [0.05, 0.1) is 0 Å². The fourth-order valence-electron chi connectivity index (χ4n) is 3.90. The van der Waals surface area contributed by atoms with Gasteiger partial charge in [-0.1, -0.05) is 66.2 Å². The quantitative estimate of drug-likeness (QED) is 0.231. The lowest BCUT2D eigenvalue weighted by Gasteiger charge is -2.32. The summed E-state index contributed by atoms with van der Waals surface area (Å²) in [5, 5.41) is 3.66. The van der Waals surface area contributed by atoms with E-state index in [2.05, 4.69) is 5.32 Å². The lowest BCUT2D eigenvalue weighted by molar-refractivity contribution is -0.141. The van der Waals surface area contributed by atoms with Crippen molar-refractivity contribution in [2.45, 2.75) is 50.6 Å². The van der Waals surface area contributed by atoms with Gasteiger partial charge in [0.15, 0.2) is 0 Å². The number of rotatable bonds is 12. The second-order valence-electron chi connectivity index (χ2n) is 8.45. The monoisotopic (exact) mass is 508 g/mol. The molecule has 0 heterocycles. The summed E-state index contributed by atoms with van der Waals surface area (Å²) in [6, 6.07) is 25.1. The number of nitrogens with one attached hydrogen (secondary N) is 1. The van der Waals surface area contributed by atoms with Gasteiger partial charge in [-0.25, -0.2) is 0 Å². The largest absolute Gasteiger partial charge is 0.355 e. The van der Waals surface area contributed by atoms with Crippen molar-refractivity contribution in [3.8, 4) is 0 Å². The Morgan fingerprint density at radius 1 is 0.971 bits per heavy atom. The summed E-state index contributed by atoms with van der Waals surface area (Å²) >= 11 is 7.68. The standard InChI is InChI=1S/C29H33ClN2O2S/c1-3-31-29(34)27(20-23-11-5-4-6-12-23)32(21-24-13-8-7-10-22(24)2)28(33)14-9-19-35-26-17-15-25(30)16-18-26/h4-8,10-13,15-18,27H,3,9,14,19-21H2,1-2H3,(H,31,34). The zero-order valence-corrected chi connectivity index (χ0v) is 21.9. The average molecular weight is 509 g/mol. The van der Waals surface area contributed by atoms with E-state index in [0.717, 1.165) is 33.8 Å². The highest BCUT2D eigenvalue weighted by atomic mass is 35.5. The molecule has 0 aliphatic carbocycles. The van der Waals surface area contributed by atoms with Crippen molar-refractivity contribution < 1.29 is 9.59 Å². The number of benzene rings is 3. The molecule has 0 bridgehead atoms. The number of hydrogen-bond acceptors (Lipinski definition) is 3. The number of carbonyl (C=O) groups excluding carboxylic acids is 2. The van der Waals surface area contributed by atoms with Gasteiger partial charge in [-0.05, 0) is 67.0 Å². The molecule has 0 aromatic heterocycles. The minimum Gasteiger partial charge on any atom is -0.355 e. The van der Waals surface area contributed by atoms with Gasteiger partial charge in [0.1, 0.15) is 6.04 Å². The van der Waals surface area contributed by atoms with Gasteiger partial charge < -0.3 is 10.2 Å². The van der Waals surface area contributed by atoms with E-state index in [1.54, 1.807) is 16.7 Å². The molecule has 0 aliphatic heterocycles. The highest BCUT2D eigenvalue weighted by molar-refractivity contribution is 7.99. The number of nitrogens with zero attached hydrogens (tertiary/aromatic N) is 1. The number of halogens is 1. The molecule has 3 aromatic carbocycles. The zero-order valence-electron chi connectivity index (χ0n) is 20.4. The van der Waals surface area contributed by atoms with Gasteiger partial charge in [-0.15, -0.1) is 11.8 Å². The minimum absolute atomic E-state index is 0.00265. The van der Waals surface area contributed by atoms with E-state index < -0.39 is 6.04 Å². The van der Waals surface area contributed by atoms with Crippen LogP contribution >= 0.6 is 23.4 Å². The molecule has 0 radical (unpaired) electrons. The third-order valence-corrected chi connectivity index (χ3v) is 7.19. The number of thioether (sulfide) groups is 1. The number of likely N-dealkylation sites (N-methyl/N-ethyl adjacent to an activating group) is 1. The Morgan fingerprint density at radius 3 is 2.34 bits per heavy atom. The summed E-state index contributed by atoms with van der Waals surface area (Å²) < 4.78 is 0. The number of aryl methyl sites for hydroxylation is 1. The molecule has 2 amide bonds. The first-order valence-electron chi connectivity index (χ1n) is 12.0. The van der Waals surface area contributed by atoms with E-state index in [-0.39, 0.29) is 11.8 Å². The maximum atomic E-state index is 13.6. The van der Waals surface area contributed by atoms with Gasteiger partial charge in [0, 0.05) is 35.8 Å². The van der Waals surface area contributed by atoms with Crippen LogP contribution in [0.2, 0.25) is 5.02 Å². The van der Waals surface area contributed by atoms with Crippen LogP contribution in [0.3, 0.4) is 0 Å². The summed E-state index contributed by atoms with van der Waals surface area (Å²) in [4.78, 5) is 29.7. The Kier molecular flexibility index (Phi) is 10.7. The molecule has 6 heteroatoms. The van der Waals surface area contributed by atoms with Crippen LogP contribution in [0.4, 0.5) is 0 Å². The van der Waals surface area contributed by atoms with Gasteiger partial charge in [0.2, 0.25) is 11.8 Å². The molecule has 184 valence electrons. The van der Waals surface area contributed by atoms with Crippen LogP contribution in [0.1, 0.15) is 36.5 Å². The van der Waals surface area contributed by atoms with E-state index in [0.29, 0.717) is 31.0 Å². The first-order chi connectivity index (χ1) is 17.0. The van der Waals surface area contributed by atoms with Crippen LogP contribution < -0.4 is 5.32 Å². The van der Waals surface area contributed by atoms with Crippen LogP contribution in [0.15, 0.2) is 83.8 Å². The highest BCUT2D eigenvalue weighted by Crippen LogP contribution is 2.23. The Morgan fingerprint density at radius 2 is 1.66 bits per heavy atom. The van der Waals surface area contributed by atoms with Gasteiger partial charge >= 0.3 is 0 Å². The molecule has 0 fully saturated rings. The van der Waals surface area contributed by atoms with Crippen molar-refractivity contribution >= 4 is 35.2 Å². The van der Waals surface area contributed by atoms with E-state index in [9.17, 15) is 9.59 Å². The van der Waals surface area contributed by atoms with Crippen molar-refractivity contribution in [2.24, 2.45) is 0 Å². The Hall–Kier alpha value is -2.76. The molecule has 3 rings (SSSR count). The zero-order chi connectivity index (χ0) is 25.0. The Bertz CT molecular complexity index is 1090. The first-order valence-corrected chi connectivity index (χ1v) is 13.4. The normalized spacial score (nSPS) is 11.6. The second kappa shape index (κ2) is 14.0. The summed E-state index contributed by atoms with van der Waals surface area (Å²) in [6.45, 7) is 4.87. The van der Waals surface area contributed by atoms with Crippen LogP contribution in [-0.4, -0.2) is 35.1 Å². The summed E-state index contributed by atoms with van der Waals surface area (Å²) in [5.41, 5.74) is 3.20. The van der Waals surface area contributed by atoms with Crippen molar-refractivity contribution in [3.63, 3.8) is 0 Å². The molecule has 0 saturated heterocycles. The van der Waals surface area contributed by atoms with Gasteiger partial charge in [0.25, 0.3) is 0 Å². The molecule has 0 spiro atoms. The van der Waals surface area contributed by atoms with Crippen molar-refractivity contribution in [3.05, 3.63) is 101 Å². The van der Waals surface area contributed by atoms with Gasteiger partial charge in [-0.2, -0.15) is 0 Å².